The third-order valence-electron chi connectivity index (χ3n) is 5.04. The summed E-state index contributed by atoms with van der Waals surface area (Å²) < 4.78 is 21.4. The number of carbonyl (C=O) groups excluding carboxylic acids is 1. The predicted octanol–water partition coefficient (Wildman–Crippen LogP) is 3.13. The number of nitrogens with zero attached hydrogens (tertiary/aromatic N) is 3. The largest absolute Gasteiger partial charge is 0.471 e. The van der Waals surface area contributed by atoms with Crippen LogP contribution in [0.4, 0.5) is 5.82 Å². The van der Waals surface area contributed by atoms with E-state index in [4.69, 9.17) is 14.0 Å². The number of H-pyrrole nitrogens is 1. The first kappa shape index (κ1) is 18.3. The molecule has 1 aliphatic carbocycles. The highest BCUT2D eigenvalue weighted by atomic mass is 32.1. The fraction of sp³-hybridized carbons (Fsp3) is 0.474. The van der Waals surface area contributed by atoms with Crippen LogP contribution in [0.2, 0.25) is 0 Å². The second-order valence-electron chi connectivity index (χ2n) is 7.51. The van der Waals surface area contributed by atoms with Gasteiger partial charge in [-0.15, -0.1) is 0 Å². The Balaban J connectivity index is 1.15. The van der Waals surface area contributed by atoms with Gasteiger partial charge in [-0.05, 0) is 37.2 Å². The minimum absolute atomic E-state index is 0.0457. The van der Waals surface area contributed by atoms with E-state index in [1.165, 1.54) is 29.9 Å². The number of hydrogen-bond acceptors (Lipinski definition) is 8. The monoisotopic (exact) mass is 415 g/mol. The summed E-state index contributed by atoms with van der Waals surface area (Å²) in [4.78, 5) is 12.1. The minimum atomic E-state index is -0.219. The number of anilines is 1. The molecule has 5 rings (SSSR count). The molecule has 0 radical (unpaired) electrons. The van der Waals surface area contributed by atoms with Gasteiger partial charge in [0.1, 0.15) is 18.0 Å². The number of amides is 1. The fourth-order valence-corrected chi connectivity index (χ4v) is 4.16. The van der Waals surface area contributed by atoms with Gasteiger partial charge in [0, 0.05) is 29.5 Å². The molecular formula is C19H21N5O4S. The van der Waals surface area contributed by atoms with Crippen LogP contribution in [0.25, 0.3) is 0 Å². The van der Waals surface area contributed by atoms with Crippen molar-refractivity contribution in [2.75, 3.05) is 11.9 Å². The second kappa shape index (κ2) is 7.60. The standard InChI is InChI=1S/C19H21N5O4S/c1-10-4-12(28-23-10)6-18(25)20-17-7-15(21-22-17)16-5-13(8-26-16)27-19-14(9-29-24-19)11-2-3-11/h4,7,9,11,13,16H,2-3,5-6,8H2,1H3,(H2,20,21,22,25)/t13-,16-/m1/s1. The SMILES string of the molecule is Cc1cc(CC(=O)Nc2cc([C@H]3C[C@@H](Oc4nscc4C4CC4)CO3)[nH]n2)on1. The zero-order valence-electron chi connectivity index (χ0n) is 15.9. The molecule has 2 fully saturated rings. The number of nitrogens with one attached hydrogen (secondary N) is 2. The van der Waals surface area contributed by atoms with E-state index in [0.717, 1.165) is 17.3 Å². The summed E-state index contributed by atoms with van der Waals surface area (Å²) in [7, 11) is 0. The van der Waals surface area contributed by atoms with Crippen LogP contribution in [0.1, 0.15) is 54.0 Å². The van der Waals surface area contributed by atoms with E-state index < -0.39 is 0 Å². The van der Waals surface area contributed by atoms with Gasteiger partial charge in [-0.25, -0.2) is 0 Å². The molecule has 3 aromatic heterocycles. The maximum absolute atomic E-state index is 12.1. The molecular weight excluding hydrogens is 394 g/mol. The van der Waals surface area contributed by atoms with Crippen LogP contribution in [0.15, 0.2) is 22.0 Å². The van der Waals surface area contributed by atoms with E-state index in [1.807, 2.05) is 6.92 Å². The quantitative estimate of drug-likeness (QED) is 0.609. The average molecular weight is 415 g/mol. The molecule has 0 unspecified atom stereocenters. The first-order valence-electron chi connectivity index (χ1n) is 9.64. The van der Waals surface area contributed by atoms with Crippen molar-refractivity contribution in [3.8, 4) is 5.88 Å². The Kier molecular flexibility index (Phi) is 4.80. The van der Waals surface area contributed by atoms with Crippen molar-refractivity contribution in [3.63, 3.8) is 0 Å². The highest BCUT2D eigenvalue weighted by Gasteiger charge is 2.33. The normalized spacial score (nSPS) is 21.4. The van der Waals surface area contributed by atoms with E-state index >= 15 is 0 Å². The summed E-state index contributed by atoms with van der Waals surface area (Å²) in [5, 5.41) is 15.7. The Morgan fingerprint density at radius 1 is 1.41 bits per heavy atom. The smallest absolute Gasteiger partial charge is 0.233 e. The third kappa shape index (κ3) is 4.18. The molecule has 9 nitrogen and oxygen atoms in total. The molecule has 1 aliphatic heterocycles. The van der Waals surface area contributed by atoms with Crippen molar-refractivity contribution in [2.24, 2.45) is 0 Å². The highest BCUT2D eigenvalue weighted by Crippen LogP contribution is 2.45. The van der Waals surface area contributed by atoms with E-state index in [9.17, 15) is 4.79 Å². The lowest BCUT2D eigenvalue weighted by Gasteiger charge is -2.11. The maximum Gasteiger partial charge on any atom is 0.233 e. The molecule has 2 N–H and O–H groups in total. The number of ether oxygens (including phenoxy) is 2. The molecule has 1 saturated heterocycles. The van der Waals surface area contributed by atoms with Crippen molar-refractivity contribution in [2.45, 2.75) is 50.7 Å². The van der Waals surface area contributed by atoms with Gasteiger partial charge in [-0.1, -0.05) is 5.16 Å². The van der Waals surface area contributed by atoms with E-state index in [-0.39, 0.29) is 24.5 Å². The van der Waals surface area contributed by atoms with Gasteiger partial charge in [-0.3, -0.25) is 9.89 Å². The summed E-state index contributed by atoms with van der Waals surface area (Å²) in [6.07, 6.45) is 3.05. The van der Waals surface area contributed by atoms with Gasteiger partial charge < -0.3 is 19.3 Å². The highest BCUT2D eigenvalue weighted by molar-refractivity contribution is 7.03. The van der Waals surface area contributed by atoms with Crippen molar-refractivity contribution in [1.29, 1.82) is 0 Å². The van der Waals surface area contributed by atoms with Crippen LogP contribution in [0.5, 0.6) is 5.88 Å². The molecule has 2 atom stereocenters. The van der Waals surface area contributed by atoms with Crippen LogP contribution in [-0.4, -0.2) is 38.3 Å². The number of carbonyl (C=O) groups is 1. The first-order valence-corrected chi connectivity index (χ1v) is 10.5. The van der Waals surface area contributed by atoms with Crippen molar-refractivity contribution in [3.05, 3.63) is 40.2 Å². The van der Waals surface area contributed by atoms with Crippen LogP contribution < -0.4 is 10.1 Å². The Labute approximate surface area is 170 Å². The summed E-state index contributed by atoms with van der Waals surface area (Å²) in [6.45, 7) is 2.31. The van der Waals surface area contributed by atoms with Crippen LogP contribution in [0, 0.1) is 6.92 Å². The topological polar surface area (TPSA) is 115 Å². The van der Waals surface area contributed by atoms with Crippen LogP contribution in [0.3, 0.4) is 0 Å². The molecule has 0 bridgehead atoms. The third-order valence-corrected chi connectivity index (χ3v) is 5.67. The molecule has 4 heterocycles. The zero-order chi connectivity index (χ0) is 19.8. The predicted molar refractivity (Wildman–Crippen MR) is 104 cm³/mol. The average Bonchev–Trinajstić information content (AvgIpc) is 3.11. The molecule has 3 aromatic rings. The summed E-state index contributed by atoms with van der Waals surface area (Å²) in [5.41, 5.74) is 2.78. The van der Waals surface area contributed by atoms with Gasteiger partial charge >= 0.3 is 0 Å². The van der Waals surface area contributed by atoms with Crippen LogP contribution in [-0.2, 0) is 16.0 Å². The molecule has 0 aromatic carbocycles. The van der Waals surface area contributed by atoms with E-state index in [2.05, 4.69) is 30.4 Å². The molecule has 1 amide bonds. The van der Waals surface area contributed by atoms with Gasteiger partial charge in [0.2, 0.25) is 11.8 Å². The molecule has 0 spiro atoms. The van der Waals surface area contributed by atoms with Gasteiger partial charge in [-0.2, -0.15) is 9.47 Å². The van der Waals surface area contributed by atoms with E-state index in [0.29, 0.717) is 30.5 Å². The Bertz CT molecular complexity index is 1010. The Morgan fingerprint density at radius 2 is 2.31 bits per heavy atom. The van der Waals surface area contributed by atoms with E-state index in [1.54, 1.807) is 12.1 Å². The lowest BCUT2D eigenvalue weighted by molar-refractivity contribution is -0.115. The van der Waals surface area contributed by atoms with Crippen molar-refractivity contribution in [1.82, 2.24) is 19.7 Å². The summed E-state index contributed by atoms with van der Waals surface area (Å²) in [6, 6.07) is 3.52. The zero-order valence-corrected chi connectivity index (χ0v) is 16.7. The number of aromatic nitrogens is 4. The lowest BCUT2D eigenvalue weighted by Crippen LogP contribution is -2.16. The number of rotatable bonds is 7. The molecule has 152 valence electrons. The molecule has 2 aliphatic rings. The Morgan fingerprint density at radius 3 is 3.10 bits per heavy atom. The maximum atomic E-state index is 12.1. The summed E-state index contributed by atoms with van der Waals surface area (Å²) >= 11 is 1.44. The molecule has 29 heavy (non-hydrogen) atoms. The second-order valence-corrected chi connectivity index (χ2v) is 8.14. The van der Waals surface area contributed by atoms with Gasteiger partial charge in [0.15, 0.2) is 5.82 Å². The first-order chi connectivity index (χ1) is 14.1. The fourth-order valence-electron chi connectivity index (χ4n) is 3.45. The minimum Gasteiger partial charge on any atom is -0.471 e. The number of aryl methyl sites for hydroxylation is 1. The lowest BCUT2D eigenvalue weighted by atomic mass is 10.1. The number of hydrogen-bond donors (Lipinski definition) is 2. The van der Waals surface area contributed by atoms with Gasteiger partial charge in [0.25, 0.3) is 0 Å². The number of aromatic amines is 1. The van der Waals surface area contributed by atoms with Gasteiger partial charge in [0.05, 0.1) is 24.4 Å². The van der Waals surface area contributed by atoms with Crippen molar-refractivity contribution < 1.29 is 18.8 Å². The summed E-state index contributed by atoms with van der Waals surface area (Å²) in [5.74, 6) is 2.12. The molecule has 1 saturated carbocycles. The van der Waals surface area contributed by atoms with Crippen molar-refractivity contribution >= 4 is 23.3 Å². The molecule has 10 heteroatoms. The van der Waals surface area contributed by atoms with Crippen LogP contribution >= 0.6 is 11.5 Å². The Hall–Kier alpha value is -2.72.